The quantitative estimate of drug-likeness (QED) is 0.421. The lowest BCUT2D eigenvalue weighted by Crippen LogP contribution is -2.51. The highest BCUT2D eigenvalue weighted by molar-refractivity contribution is 7.90. The highest BCUT2D eigenvalue weighted by Crippen LogP contribution is 2.45. The van der Waals surface area contributed by atoms with Crippen molar-refractivity contribution in [2.45, 2.75) is 96.3 Å². The molecule has 0 saturated heterocycles. The maximum atomic E-state index is 14.7. The summed E-state index contributed by atoms with van der Waals surface area (Å²) in [5, 5.41) is 0.121. The highest BCUT2D eigenvalue weighted by Gasteiger charge is 2.46. The van der Waals surface area contributed by atoms with Crippen LogP contribution < -0.4 is 4.72 Å². The Hall–Kier alpha value is -0.473. The molecular formula is C22H37F2NO2SSi. The molecule has 2 rings (SSSR count). The minimum atomic E-state index is -1.89. The Balaban J connectivity index is 2.22. The Morgan fingerprint density at radius 2 is 1.66 bits per heavy atom. The maximum Gasteiger partial charge on any atom is 0.192 e. The van der Waals surface area contributed by atoms with E-state index in [0.29, 0.717) is 0 Å². The first-order valence-electron chi connectivity index (χ1n) is 10.3. The number of halogens is 2. The lowest BCUT2D eigenvalue weighted by molar-refractivity contribution is 0.0365. The summed E-state index contributed by atoms with van der Waals surface area (Å²) in [6.45, 7) is 18.2. The van der Waals surface area contributed by atoms with Gasteiger partial charge in [0.2, 0.25) is 0 Å². The van der Waals surface area contributed by atoms with Crippen LogP contribution in [0.4, 0.5) is 8.78 Å². The second-order valence-electron chi connectivity index (χ2n) is 10.8. The summed E-state index contributed by atoms with van der Waals surface area (Å²) >= 11 is -1.39. The van der Waals surface area contributed by atoms with Gasteiger partial charge in [0, 0.05) is 23.0 Å². The van der Waals surface area contributed by atoms with Crippen LogP contribution >= 0.6 is 0 Å². The molecule has 1 aliphatic rings. The molecule has 1 N–H and O–H groups in total. The van der Waals surface area contributed by atoms with E-state index in [9.17, 15) is 13.3 Å². The van der Waals surface area contributed by atoms with Crippen LogP contribution in [-0.2, 0) is 15.8 Å². The predicted molar refractivity (Wildman–Crippen MR) is 120 cm³/mol. The third kappa shape index (κ3) is 5.82. The Morgan fingerprint density at radius 1 is 1.10 bits per heavy atom. The Kier molecular flexibility index (Phi) is 7.33. The van der Waals surface area contributed by atoms with E-state index in [0.717, 1.165) is 12.8 Å². The van der Waals surface area contributed by atoms with Crippen molar-refractivity contribution in [2.24, 2.45) is 5.92 Å². The standard InChI is InChI=1S/C22H37F2NO2SSi/c1-14-10-19(24)17(13-18(14)23)20(25-28(26)21(2,3)4)15-11-16(12-15)27-29(8,9)22(5,6)7/h10,13,15-16,20,25H,11-12H2,1-9H3/t15-,16+,20-,28+/m1/s1. The summed E-state index contributed by atoms with van der Waals surface area (Å²) in [4.78, 5) is 0. The largest absolute Gasteiger partial charge is 0.598 e. The van der Waals surface area contributed by atoms with Gasteiger partial charge in [-0.2, -0.15) is 0 Å². The molecule has 0 amide bonds. The molecule has 0 aliphatic heterocycles. The molecular weight excluding hydrogens is 408 g/mol. The van der Waals surface area contributed by atoms with Gasteiger partial charge in [-0.25, -0.2) is 8.78 Å². The second kappa shape index (κ2) is 8.58. The molecule has 0 heterocycles. The van der Waals surface area contributed by atoms with E-state index in [2.05, 4.69) is 38.6 Å². The molecule has 1 aliphatic carbocycles. The zero-order chi connectivity index (χ0) is 22.4. The predicted octanol–water partition coefficient (Wildman–Crippen LogP) is 6.17. The molecule has 1 aromatic carbocycles. The molecule has 0 aromatic heterocycles. The Morgan fingerprint density at radius 3 is 2.14 bits per heavy atom. The summed E-state index contributed by atoms with van der Waals surface area (Å²) in [7, 11) is -1.89. The number of benzene rings is 1. The maximum absolute atomic E-state index is 14.7. The molecule has 1 saturated carbocycles. The van der Waals surface area contributed by atoms with Gasteiger partial charge in [-0.3, -0.25) is 0 Å². The van der Waals surface area contributed by atoms with Gasteiger partial charge in [0.25, 0.3) is 0 Å². The van der Waals surface area contributed by atoms with E-state index in [1.165, 1.54) is 12.1 Å². The normalized spacial score (nSPS) is 22.9. The monoisotopic (exact) mass is 445 g/mol. The van der Waals surface area contributed by atoms with E-state index < -0.39 is 42.1 Å². The van der Waals surface area contributed by atoms with Gasteiger partial charge in [-0.15, -0.1) is 4.72 Å². The molecule has 1 fully saturated rings. The first-order chi connectivity index (χ1) is 13.0. The van der Waals surface area contributed by atoms with Gasteiger partial charge in [-0.05, 0) is 82.3 Å². The molecule has 0 spiro atoms. The summed E-state index contributed by atoms with van der Waals surface area (Å²) in [6.07, 6.45) is 1.62. The van der Waals surface area contributed by atoms with Gasteiger partial charge in [0.1, 0.15) is 16.4 Å². The van der Waals surface area contributed by atoms with E-state index in [-0.39, 0.29) is 28.2 Å². The van der Waals surface area contributed by atoms with Crippen molar-refractivity contribution >= 4 is 19.7 Å². The fourth-order valence-electron chi connectivity index (χ4n) is 3.17. The third-order valence-corrected chi connectivity index (χ3v) is 12.4. The van der Waals surface area contributed by atoms with Crippen LogP contribution in [0.3, 0.4) is 0 Å². The number of nitrogens with one attached hydrogen (secondary N) is 1. The first-order valence-corrected chi connectivity index (χ1v) is 14.4. The van der Waals surface area contributed by atoms with Crippen molar-refractivity contribution in [3.63, 3.8) is 0 Å². The number of hydrogen-bond acceptors (Lipinski definition) is 3. The third-order valence-electron chi connectivity index (χ3n) is 6.27. The summed E-state index contributed by atoms with van der Waals surface area (Å²) in [5.41, 5.74) is 0.524. The van der Waals surface area contributed by atoms with Crippen LogP contribution in [-0.4, -0.2) is 23.7 Å². The molecule has 29 heavy (non-hydrogen) atoms. The van der Waals surface area contributed by atoms with Crippen LogP contribution in [0.15, 0.2) is 12.1 Å². The zero-order valence-electron chi connectivity index (χ0n) is 19.3. The Bertz CT molecular complexity index is 725. The summed E-state index contributed by atoms with van der Waals surface area (Å²) in [5.74, 6) is -0.850. The van der Waals surface area contributed by atoms with Gasteiger partial charge >= 0.3 is 0 Å². The van der Waals surface area contributed by atoms with Gasteiger partial charge in [-0.1, -0.05) is 20.8 Å². The minimum absolute atomic E-state index is 0.0488. The van der Waals surface area contributed by atoms with Crippen molar-refractivity contribution in [1.82, 2.24) is 4.72 Å². The fraction of sp³-hybridized carbons (Fsp3) is 0.727. The first kappa shape index (κ1) is 24.8. The molecule has 3 nitrogen and oxygen atoms in total. The van der Waals surface area contributed by atoms with E-state index in [1.807, 2.05) is 20.8 Å². The molecule has 0 bridgehead atoms. The van der Waals surface area contributed by atoms with Gasteiger partial charge in [0.15, 0.2) is 8.32 Å². The average Bonchev–Trinajstić information content (AvgIpc) is 2.50. The summed E-state index contributed by atoms with van der Waals surface area (Å²) in [6, 6.07) is 1.97. The van der Waals surface area contributed by atoms with Crippen LogP contribution in [0, 0.1) is 24.5 Å². The lowest BCUT2D eigenvalue weighted by Gasteiger charge is -2.47. The minimum Gasteiger partial charge on any atom is -0.598 e. The molecule has 7 heteroatoms. The van der Waals surface area contributed by atoms with Crippen molar-refractivity contribution in [2.75, 3.05) is 0 Å². The van der Waals surface area contributed by atoms with Crippen molar-refractivity contribution in [3.8, 4) is 0 Å². The molecule has 166 valence electrons. The van der Waals surface area contributed by atoms with Crippen LogP contribution in [0.25, 0.3) is 0 Å². The fourth-order valence-corrected chi connectivity index (χ4v) is 5.46. The number of rotatable bonds is 6. The number of hydrogen-bond donors (Lipinski definition) is 1. The van der Waals surface area contributed by atoms with Crippen molar-refractivity contribution in [3.05, 3.63) is 34.9 Å². The molecule has 1 aromatic rings. The van der Waals surface area contributed by atoms with E-state index in [4.69, 9.17) is 4.43 Å². The second-order valence-corrected chi connectivity index (χ2v) is 17.6. The molecule has 0 radical (unpaired) electrons. The topological polar surface area (TPSA) is 44.3 Å². The smallest absolute Gasteiger partial charge is 0.192 e. The van der Waals surface area contributed by atoms with Crippen LogP contribution in [0.5, 0.6) is 0 Å². The van der Waals surface area contributed by atoms with E-state index in [1.54, 1.807) is 6.92 Å². The average molecular weight is 446 g/mol. The van der Waals surface area contributed by atoms with Gasteiger partial charge in [0.05, 0.1) is 6.04 Å². The zero-order valence-corrected chi connectivity index (χ0v) is 21.1. The number of aryl methyl sites for hydroxylation is 1. The van der Waals surface area contributed by atoms with E-state index >= 15 is 0 Å². The highest BCUT2D eigenvalue weighted by atomic mass is 32.2. The van der Waals surface area contributed by atoms with Crippen LogP contribution in [0.2, 0.25) is 18.1 Å². The van der Waals surface area contributed by atoms with Crippen LogP contribution in [0.1, 0.15) is 71.6 Å². The molecule has 0 unspecified atom stereocenters. The Labute approximate surface area is 179 Å². The van der Waals surface area contributed by atoms with Crippen molar-refractivity contribution in [1.29, 1.82) is 0 Å². The summed E-state index contributed by atoms with van der Waals surface area (Å²) < 4.78 is 50.8. The SMILES string of the molecule is Cc1cc(F)c([C@H](N[S@@+]([O-])C(C)(C)C)[C@H]2C[C@@H](O[Si](C)(C)C(C)(C)C)C2)cc1F. The van der Waals surface area contributed by atoms with Gasteiger partial charge < -0.3 is 8.98 Å². The molecule has 2 atom stereocenters. The lowest BCUT2D eigenvalue weighted by atomic mass is 9.75. The van der Waals surface area contributed by atoms with Crippen molar-refractivity contribution < 1.29 is 17.8 Å².